The summed E-state index contributed by atoms with van der Waals surface area (Å²) in [6, 6.07) is 3.97. The van der Waals surface area contributed by atoms with Crippen molar-refractivity contribution in [2.75, 3.05) is 39.4 Å². The fourth-order valence-corrected chi connectivity index (χ4v) is 6.16. The van der Waals surface area contributed by atoms with Crippen LogP contribution in [0.2, 0.25) is 0 Å². The van der Waals surface area contributed by atoms with Gasteiger partial charge < -0.3 is 9.84 Å². The molecule has 0 spiro atoms. The number of rotatable bonds is 6. The third kappa shape index (κ3) is 5.76. The molecule has 0 aliphatic heterocycles. The molecule has 1 unspecified atom stereocenters. The number of ether oxygens (including phenoxy) is 1. The van der Waals surface area contributed by atoms with E-state index in [4.69, 9.17) is 4.74 Å². The van der Waals surface area contributed by atoms with Crippen LogP contribution in [0.1, 0.15) is 31.9 Å². The molecule has 0 aromatic heterocycles. The summed E-state index contributed by atoms with van der Waals surface area (Å²) in [7, 11) is 1.80. The first-order valence-electron chi connectivity index (χ1n) is 7.38. The lowest BCUT2D eigenvalue weighted by Crippen LogP contribution is -2.12. The largest absolute Gasteiger partial charge is 0.507 e. The van der Waals surface area contributed by atoms with Crippen LogP contribution in [0.25, 0.3) is 0 Å². The molecule has 1 atom stereocenters. The molecule has 0 heterocycles. The number of aromatic hydroxyl groups is 1. The van der Waals surface area contributed by atoms with Crippen molar-refractivity contribution in [2.24, 2.45) is 0 Å². The Morgan fingerprint density at radius 2 is 1.71 bits per heavy atom. The second-order valence-corrected chi connectivity index (χ2v) is 12.1. The normalized spacial score (nSPS) is 13.5. The van der Waals surface area contributed by atoms with Gasteiger partial charge >= 0.3 is 0 Å². The Balaban J connectivity index is 3.01. The summed E-state index contributed by atoms with van der Waals surface area (Å²) >= 11 is 0. The zero-order valence-electron chi connectivity index (χ0n) is 14.5. The molecule has 21 heavy (non-hydrogen) atoms. The first-order chi connectivity index (χ1) is 9.65. The van der Waals surface area contributed by atoms with Crippen molar-refractivity contribution in [3.05, 3.63) is 23.3 Å². The Hall–Kier alpha value is -0.320. The second-order valence-electron chi connectivity index (χ2n) is 6.97. The standard InChI is InChI=1S/C17H30O2P2/c1-17(2,3)15-11-14(19-4)10-13(16(15)18)12-21(7)9-8-20(5)6/h10-11,18H,8-9,12H2,1-7H3. The summed E-state index contributed by atoms with van der Waals surface area (Å²) in [6.45, 7) is 13.4. The van der Waals surface area contributed by atoms with Gasteiger partial charge in [-0.05, 0) is 56.0 Å². The summed E-state index contributed by atoms with van der Waals surface area (Å²) in [5.41, 5.74) is 1.95. The van der Waals surface area contributed by atoms with Gasteiger partial charge in [0.2, 0.25) is 0 Å². The molecule has 2 nitrogen and oxygen atoms in total. The maximum absolute atomic E-state index is 10.6. The molecule has 1 aromatic rings. The van der Waals surface area contributed by atoms with E-state index < -0.39 is 0 Å². The Labute approximate surface area is 132 Å². The van der Waals surface area contributed by atoms with E-state index in [9.17, 15) is 5.11 Å². The van der Waals surface area contributed by atoms with E-state index >= 15 is 0 Å². The summed E-state index contributed by atoms with van der Waals surface area (Å²) in [5, 5.41) is 10.6. The van der Waals surface area contributed by atoms with Crippen LogP contribution in [0, 0.1) is 0 Å². The van der Waals surface area contributed by atoms with Gasteiger partial charge in [0.15, 0.2) is 0 Å². The molecule has 0 aliphatic carbocycles. The average Bonchev–Trinajstić information content (AvgIpc) is 2.37. The summed E-state index contributed by atoms with van der Waals surface area (Å²) < 4.78 is 5.42. The van der Waals surface area contributed by atoms with E-state index in [2.05, 4.69) is 40.8 Å². The Morgan fingerprint density at radius 1 is 1.10 bits per heavy atom. The second kappa shape index (κ2) is 7.80. The maximum atomic E-state index is 10.6. The topological polar surface area (TPSA) is 29.5 Å². The SMILES string of the molecule is COc1cc(CP(C)CCP(C)C)c(O)c(C(C)(C)C)c1. The highest BCUT2D eigenvalue weighted by molar-refractivity contribution is 7.60. The van der Waals surface area contributed by atoms with Crippen LogP contribution in [0.4, 0.5) is 0 Å². The van der Waals surface area contributed by atoms with Crippen LogP contribution in [-0.2, 0) is 11.6 Å². The molecule has 0 aliphatic rings. The third-order valence-electron chi connectivity index (χ3n) is 3.58. The Bertz CT molecular complexity index is 465. The van der Waals surface area contributed by atoms with E-state index in [-0.39, 0.29) is 21.3 Å². The summed E-state index contributed by atoms with van der Waals surface area (Å²) in [6.07, 6.45) is 3.59. The van der Waals surface area contributed by atoms with Gasteiger partial charge in [0.1, 0.15) is 11.5 Å². The number of methoxy groups -OCH3 is 1. The van der Waals surface area contributed by atoms with Gasteiger partial charge in [-0.1, -0.05) is 20.8 Å². The lowest BCUT2D eigenvalue weighted by molar-refractivity contribution is 0.404. The lowest BCUT2D eigenvalue weighted by Gasteiger charge is -2.24. The molecular formula is C17H30O2P2. The minimum absolute atomic E-state index is 0.0705. The van der Waals surface area contributed by atoms with Crippen LogP contribution in [0.15, 0.2) is 12.1 Å². The van der Waals surface area contributed by atoms with Crippen LogP contribution in [0.3, 0.4) is 0 Å². The predicted molar refractivity (Wildman–Crippen MR) is 98.4 cm³/mol. The van der Waals surface area contributed by atoms with E-state index in [1.54, 1.807) is 7.11 Å². The smallest absolute Gasteiger partial charge is 0.123 e. The zero-order valence-corrected chi connectivity index (χ0v) is 16.3. The zero-order chi connectivity index (χ0) is 16.2. The van der Waals surface area contributed by atoms with Crippen LogP contribution in [-0.4, -0.2) is 44.5 Å². The number of phenols is 1. The molecule has 1 N–H and O–H groups in total. The van der Waals surface area contributed by atoms with Crippen molar-refractivity contribution >= 4 is 15.8 Å². The number of hydrogen-bond acceptors (Lipinski definition) is 2. The molecule has 0 saturated heterocycles. The lowest BCUT2D eigenvalue weighted by atomic mass is 9.85. The number of phenolic OH excluding ortho intramolecular Hbond substituents is 1. The monoisotopic (exact) mass is 328 g/mol. The van der Waals surface area contributed by atoms with Crippen molar-refractivity contribution in [3.63, 3.8) is 0 Å². The molecular weight excluding hydrogens is 298 g/mol. The minimum Gasteiger partial charge on any atom is -0.507 e. The summed E-state index contributed by atoms with van der Waals surface area (Å²) in [4.78, 5) is 0. The van der Waals surface area contributed by atoms with Gasteiger partial charge in [-0.2, -0.15) is 0 Å². The quantitative estimate of drug-likeness (QED) is 0.740. The Morgan fingerprint density at radius 3 is 2.19 bits per heavy atom. The molecule has 0 bridgehead atoms. The highest BCUT2D eigenvalue weighted by atomic mass is 31.1. The van der Waals surface area contributed by atoms with Gasteiger partial charge in [0, 0.05) is 11.1 Å². The molecule has 4 heteroatoms. The fraction of sp³-hybridized carbons (Fsp3) is 0.647. The molecule has 1 rings (SSSR count). The van der Waals surface area contributed by atoms with Gasteiger partial charge in [0.25, 0.3) is 0 Å². The molecule has 0 fully saturated rings. The van der Waals surface area contributed by atoms with Crippen LogP contribution >= 0.6 is 15.8 Å². The van der Waals surface area contributed by atoms with E-state index in [0.29, 0.717) is 5.75 Å². The third-order valence-corrected chi connectivity index (χ3v) is 6.91. The van der Waals surface area contributed by atoms with Gasteiger partial charge in [-0.3, -0.25) is 0 Å². The van der Waals surface area contributed by atoms with Gasteiger partial charge in [0.05, 0.1) is 7.11 Å². The van der Waals surface area contributed by atoms with E-state index in [1.165, 1.54) is 12.3 Å². The highest BCUT2D eigenvalue weighted by Gasteiger charge is 2.22. The molecule has 120 valence electrons. The molecule has 0 saturated carbocycles. The highest BCUT2D eigenvalue weighted by Crippen LogP contribution is 2.44. The van der Waals surface area contributed by atoms with Crippen molar-refractivity contribution in [1.82, 2.24) is 0 Å². The number of benzene rings is 1. The van der Waals surface area contributed by atoms with Gasteiger partial charge in [-0.25, -0.2) is 0 Å². The molecule has 0 radical (unpaired) electrons. The van der Waals surface area contributed by atoms with Gasteiger partial charge in [-0.15, -0.1) is 15.8 Å². The van der Waals surface area contributed by atoms with Crippen molar-refractivity contribution in [2.45, 2.75) is 32.3 Å². The van der Waals surface area contributed by atoms with Crippen LogP contribution in [0.5, 0.6) is 11.5 Å². The predicted octanol–water partition coefficient (Wildman–Crippen LogP) is 5.05. The van der Waals surface area contributed by atoms with E-state index in [0.717, 1.165) is 23.0 Å². The van der Waals surface area contributed by atoms with Crippen molar-refractivity contribution in [1.29, 1.82) is 0 Å². The fourth-order valence-electron chi connectivity index (χ4n) is 2.22. The van der Waals surface area contributed by atoms with Crippen LogP contribution < -0.4 is 4.74 Å². The molecule has 0 amide bonds. The average molecular weight is 328 g/mol. The van der Waals surface area contributed by atoms with Crippen molar-refractivity contribution < 1.29 is 9.84 Å². The first-order valence-corrected chi connectivity index (χ1v) is 12.0. The van der Waals surface area contributed by atoms with Crippen molar-refractivity contribution in [3.8, 4) is 11.5 Å². The minimum atomic E-state index is -0.0783. The first kappa shape index (κ1) is 18.7. The maximum Gasteiger partial charge on any atom is 0.123 e. The number of hydrogen-bond donors (Lipinski definition) is 1. The summed E-state index contributed by atoms with van der Waals surface area (Å²) in [5.74, 6) is 1.32. The van der Waals surface area contributed by atoms with E-state index in [1.807, 2.05) is 12.1 Å². The molecule has 1 aromatic carbocycles. The Kier molecular flexibility index (Phi) is 6.95.